The van der Waals surface area contributed by atoms with Crippen molar-refractivity contribution < 1.29 is 56.0 Å². The van der Waals surface area contributed by atoms with Gasteiger partial charge in [-0.3, -0.25) is 20.2 Å². The van der Waals surface area contributed by atoms with Gasteiger partial charge in [0.2, 0.25) is 0 Å². The van der Waals surface area contributed by atoms with Crippen LogP contribution in [-0.4, -0.2) is 45.6 Å². The van der Waals surface area contributed by atoms with E-state index in [0.717, 1.165) is 12.1 Å². The Labute approximate surface area is 250 Å². The lowest BCUT2D eigenvalue weighted by Crippen LogP contribution is -2.36. The highest BCUT2D eigenvalue weighted by molar-refractivity contribution is 5.92. The molecule has 0 saturated heterocycles. The van der Waals surface area contributed by atoms with Crippen molar-refractivity contribution in [3.63, 3.8) is 0 Å². The summed E-state index contributed by atoms with van der Waals surface area (Å²) in [4.78, 5) is 45.0. The van der Waals surface area contributed by atoms with E-state index in [1.165, 1.54) is 60.7 Å². The van der Waals surface area contributed by atoms with Crippen molar-refractivity contribution in [1.82, 2.24) is 0 Å². The molecule has 3 aromatic carbocycles. The van der Waals surface area contributed by atoms with Crippen LogP contribution in [0.15, 0.2) is 72.3 Å². The number of carbonyl (C=O) groups is 2. The molecular weight excluding hydrogens is 615 g/mol. The van der Waals surface area contributed by atoms with Crippen molar-refractivity contribution in [3.05, 3.63) is 109 Å². The number of nitrogens with zero attached hydrogens (tertiary/aromatic N) is 2. The van der Waals surface area contributed by atoms with Crippen LogP contribution >= 0.6 is 0 Å². The fourth-order valence-electron chi connectivity index (χ4n) is 3.87. The summed E-state index contributed by atoms with van der Waals surface area (Å²) in [5.41, 5.74) is -0.494. The first-order valence-corrected chi connectivity index (χ1v) is 12.9. The van der Waals surface area contributed by atoms with Crippen molar-refractivity contribution in [1.29, 1.82) is 0 Å². The third kappa shape index (κ3) is 9.54. The van der Waals surface area contributed by atoms with Crippen molar-refractivity contribution in [2.24, 2.45) is 0 Å². The van der Waals surface area contributed by atoms with Gasteiger partial charge in [0.1, 0.15) is 11.5 Å². The van der Waals surface area contributed by atoms with E-state index in [9.17, 15) is 56.9 Å². The van der Waals surface area contributed by atoms with E-state index >= 15 is 0 Å². The minimum atomic E-state index is -5.64. The number of rotatable bonds is 14. The molecule has 3 rings (SSSR count). The number of nitro benzene ring substituents is 2. The van der Waals surface area contributed by atoms with Gasteiger partial charge in [0.15, 0.2) is 0 Å². The number of hydrogen-bond donors (Lipinski definition) is 1. The molecule has 0 atom stereocenters. The second-order valence-electron chi connectivity index (χ2n) is 9.44. The third-order valence-corrected chi connectivity index (χ3v) is 6.25. The number of aliphatic carboxylic acids is 1. The number of carboxylic acid groups (broad SMARTS) is 1. The molecule has 0 aliphatic carbocycles. The van der Waals surface area contributed by atoms with E-state index in [1.54, 1.807) is 0 Å². The number of aryl methyl sites for hydroxylation is 1. The number of non-ortho nitro benzene ring substituents is 1. The Morgan fingerprint density at radius 2 is 1.49 bits per heavy atom. The summed E-state index contributed by atoms with van der Waals surface area (Å²) in [5, 5.41) is 31.9. The highest BCUT2D eigenvalue weighted by Gasteiger charge is 2.56. The average molecular weight is 638 g/mol. The van der Waals surface area contributed by atoms with Crippen LogP contribution in [0.4, 0.5) is 33.3 Å². The van der Waals surface area contributed by atoms with Gasteiger partial charge in [-0.1, -0.05) is 12.1 Å². The summed E-state index contributed by atoms with van der Waals surface area (Å²) in [6.07, 6.45) is -6.53. The molecule has 0 aliphatic heterocycles. The monoisotopic (exact) mass is 638 g/mol. The van der Waals surface area contributed by atoms with Crippen LogP contribution in [0.2, 0.25) is 0 Å². The second-order valence-corrected chi connectivity index (χ2v) is 9.44. The molecule has 0 amide bonds. The van der Waals surface area contributed by atoms with E-state index in [-0.39, 0.29) is 41.0 Å². The van der Waals surface area contributed by atoms with Gasteiger partial charge < -0.3 is 14.6 Å². The van der Waals surface area contributed by atoms with Crippen LogP contribution in [0.25, 0.3) is 6.08 Å². The second kappa shape index (κ2) is 14.4. The number of carboxylic acids is 1. The van der Waals surface area contributed by atoms with E-state index < -0.39 is 64.7 Å². The predicted octanol–water partition coefficient (Wildman–Crippen LogP) is 7.18. The molecule has 0 saturated carbocycles. The Bertz CT molecular complexity index is 1590. The van der Waals surface area contributed by atoms with Crippen LogP contribution in [0.3, 0.4) is 0 Å². The first-order chi connectivity index (χ1) is 21.1. The summed E-state index contributed by atoms with van der Waals surface area (Å²) in [6, 6.07) is 14.0. The first-order valence-electron chi connectivity index (χ1n) is 12.9. The van der Waals surface area contributed by atoms with Gasteiger partial charge in [0, 0.05) is 23.6 Å². The SMILES string of the molecule is O=C(O)/C(=C/c1ccc(OC(=O)c2ccc(OCCCC(F)(F)C(F)(F)F)cc2)cc1)CCc1ccc([N+](=O)[O-])cc1[N+](=O)[O-]. The van der Waals surface area contributed by atoms with Crippen LogP contribution in [-0.2, 0) is 11.2 Å². The maximum Gasteiger partial charge on any atom is 0.453 e. The molecule has 0 spiro atoms. The number of ether oxygens (including phenoxy) is 2. The zero-order valence-corrected chi connectivity index (χ0v) is 23.0. The van der Waals surface area contributed by atoms with Crippen LogP contribution < -0.4 is 9.47 Å². The van der Waals surface area contributed by atoms with Gasteiger partial charge in [0.05, 0.1) is 28.1 Å². The Hall–Kier alpha value is -5.41. The molecule has 1 N–H and O–H groups in total. The van der Waals surface area contributed by atoms with Crippen LogP contribution in [0.5, 0.6) is 11.5 Å². The van der Waals surface area contributed by atoms with E-state index in [2.05, 4.69) is 0 Å². The quantitative estimate of drug-likeness (QED) is 0.0367. The highest BCUT2D eigenvalue weighted by atomic mass is 19.4. The Kier molecular flexibility index (Phi) is 10.9. The number of halogens is 5. The summed E-state index contributed by atoms with van der Waals surface area (Å²) in [7, 11) is 0. The Balaban J connectivity index is 1.58. The molecule has 16 heteroatoms. The van der Waals surface area contributed by atoms with E-state index in [0.29, 0.717) is 5.56 Å². The topological polar surface area (TPSA) is 159 Å². The van der Waals surface area contributed by atoms with Gasteiger partial charge >= 0.3 is 24.0 Å². The summed E-state index contributed by atoms with van der Waals surface area (Å²) in [5.74, 6) is -6.66. The normalized spacial score (nSPS) is 12.0. The van der Waals surface area contributed by atoms with E-state index in [1.807, 2.05) is 0 Å². The zero-order valence-electron chi connectivity index (χ0n) is 23.0. The standard InChI is InChI=1S/C29H23F5N2O9/c30-28(31,29(32,33)34)14-1-15-44-23-12-7-20(8-13-23)27(39)45-24-10-2-18(3-11-24)16-21(26(37)38)5-4-19-6-9-22(35(40)41)17-25(19)36(42)43/h2-3,6-13,16-17H,1,4-5,14-15H2,(H,37,38)/b21-16+. The van der Waals surface area contributed by atoms with Gasteiger partial charge in [-0.2, -0.15) is 22.0 Å². The zero-order chi connectivity index (χ0) is 33.4. The molecule has 45 heavy (non-hydrogen) atoms. The number of benzene rings is 3. The molecule has 0 bridgehead atoms. The number of esters is 1. The molecule has 0 aliphatic rings. The molecule has 3 aromatic rings. The average Bonchev–Trinajstić information content (AvgIpc) is 2.97. The first kappa shape index (κ1) is 34.1. The van der Waals surface area contributed by atoms with Crippen molar-refractivity contribution in [2.45, 2.75) is 37.8 Å². The summed E-state index contributed by atoms with van der Waals surface area (Å²) < 4.78 is 72.9. The minimum absolute atomic E-state index is 0.0726. The summed E-state index contributed by atoms with van der Waals surface area (Å²) in [6.45, 7) is -0.406. The van der Waals surface area contributed by atoms with E-state index in [4.69, 9.17) is 9.47 Å². The lowest BCUT2D eigenvalue weighted by atomic mass is 10.0. The molecule has 11 nitrogen and oxygen atoms in total. The molecular formula is C29H23F5N2O9. The highest BCUT2D eigenvalue weighted by Crippen LogP contribution is 2.38. The largest absolute Gasteiger partial charge is 0.494 e. The fourth-order valence-corrected chi connectivity index (χ4v) is 3.87. The van der Waals surface area contributed by atoms with Gasteiger partial charge in [0.25, 0.3) is 11.4 Å². The third-order valence-electron chi connectivity index (χ3n) is 6.25. The molecule has 238 valence electrons. The number of nitro groups is 2. The number of hydrogen-bond acceptors (Lipinski definition) is 8. The maximum atomic E-state index is 12.9. The molecule has 0 unspecified atom stereocenters. The minimum Gasteiger partial charge on any atom is -0.494 e. The summed E-state index contributed by atoms with van der Waals surface area (Å²) >= 11 is 0. The van der Waals surface area contributed by atoms with Crippen LogP contribution in [0, 0.1) is 20.2 Å². The smallest absolute Gasteiger partial charge is 0.453 e. The van der Waals surface area contributed by atoms with Gasteiger partial charge in [-0.05, 0) is 73.4 Å². The number of carbonyl (C=O) groups excluding carboxylic acids is 1. The predicted molar refractivity (Wildman–Crippen MR) is 147 cm³/mol. The van der Waals surface area contributed by atoms with Crippen molar-refractivity contribution in [3.8, 4) is 11.5 Å². The van der Waals surface area contributed by atoms with Gasteiger partial charge in [-0.25, -0.2) is 9.59 Å². The Morgan fingerprint density at radius 3 is 2.04 bits per heavy atom. The lowest BCUT2D eigenvalue weighted by Gasteiger charge is -2.19. The fraction of sp³-hybridized carbons (Fsp3) is 0.241. The maximum absolute atomic E-state index is 12.9. The van der Waals surface area contributed by atoms with Crippen LogP contribution in [0.1, 0.15) is 40.7 Å². The number of alkyl halides is 5. The molecule has 0 heterocycles. The van der Waals surface area contributed by atoms with Crippen molar-refractivity contribution >= 4 is 29.4 Å². The van der Waals surface area contributed by atoms with Gasteiger partial charge in [-0.15, -0.1) is 0 Å². The lowest BCUT2D eigenvalue weighted by molar-refractivity contribution is -0.394. The Morgan fingerprint density at radius 1 is 0.867 bits per heavy atom. The molecule has 0 aromatic heterocycles. The molecule has 0 radical (unpaired) electrons. The van der Waals surface area contributed by atoms with Crippen molar-refractivity contribution in [2.75, 3.05) is 6.61 Å². The molecule has 0 fully saturated rings.